The second kappa shape index (κ2) is 8.08. The number of Topliss-reactive ketones (excluding diaryl/α,β-unsaturated/α-hetero) is 1. The summed E-state index contributed by atoms with van der Waals surface area (Å²) in [6.07, 6.45) is 0.543. The highest BCUT2D eigenvalue weighted by molar-refractivity contribution is 14.1. The van der Waals surface area contributed by atoms with Gasteiger partial charge in [-0.25, -0.2) is 4.79 Å². The Kier molecular flexibility index (Phi) is 6.12. The summed E-state index contributed by atoms with van der Waals surface area (Å²) in [6.45, 7) is 1.96. The van der Waals surface area contributed by atoms with Crippen LogP contribution in [0.2, 0.25) is 0 Å². The molecule has 1 unspecified atom stereocenters. The topological polar surface area (TPSA) is 43.4 Å². The molecule has 0 aliphatic rings. The highest BCUT2D eigenvalue weighted by atomic mass is 127. The summed E-state index contributed by atoms with van der Waals surface area (Å²) in [5.74, 6) is -0.602. The summed E-state index contributed by atoms with van der Waals surface area (Å²) < 4.78 is 6.29. The first-order chi connectivity index (χ1) is 10.6. The van der Waals surface area contributed by atoms with Gasteiger partial charge in [-0.2, -0.15) is 0 Å². The fraction of sp³-hybridized carbons (Fsp3) is 0.222. The molecular weight excluding hydrogens is 391 g/mol. The van der Waals surface area contributed by atoms with Crippen molar-refractivity contribution in [2.75, 3.05) is 0 Å². The Labute approximate surface area is 143 Å². The van der Waals surface area contributed by atoms with Crippen molar-refractivity contribution >= 4 is 34.3 Å². The Morgan fingerprint density at radius 3 is 2.32 bits per heavy atom. The Morgan fingerprint density at radius 1 is 1.05 bits per heavy atom. The molecule has 3 nitrogen and oxygen atoms in total. The van der Waals surface area contributed by atoms with E-state index in [0.29, 0.717) is 17.5 Å². The molecule has 0 heterocycles. The number of esters is 1. The molecule has 0 N–H and O–H groups in total. The zero-order chi connectivity index (χ0) is 15.9. The minimum atomic E-state index is -0.740. The first-order valence-electron chi connectivity index (χ1n) is 7.18. The molecule has 0 saturated heterocycles. The third-order valence-corrected chi connectivity index (χ3v) is 4.19. The van der Waals surface area contributed by atoms with E-state index in [4.69, 9.17) is 4.74 Å². The molecule has 2 aromatic carbocycles. The molecule has 0 aliphatic carbocycles. The highest BCUT2D eigenvalue weighted by Gasteiger charge is 2.24. The molecule has 2 rings (SSSR count). The van der Waals surface area contributed by atoms with E-state index in [1.807, 2.05) is 25.1 Å². The van der Waals surface area contributed by atoms with E-state index in [1.165, 1.54) is 0 Å². The number of ether oxygens (including phenoxy) is 1. The molecule has 0 aromatic heterocycles. The van der Waals surface area contributed by atoms with Crippen molar-refractivity contribution in [1.29, 1.82) is 0 Å². The molecule has 0 aliphatic heterocycles. The van der Waals surface area contributed by atoms with E-state index in [0.717, 1.165) is 9.99 Å². The number of benzene rings is 2. The molecular formula is C18H17IO3. The molecule has 0 amide bonds. The van der Waals surface area contributed by atoms with Crippen molar-refractivity contribution in [2.45, 2.75) is 25.9 Å². The number of carbonyl (C=O) groups excluding carboxylic acids is 2. The van der Waals surface area contributed by atoms with Crippen LogP contribution in [0.4, 0.5) is 0 Å². The average molecular weight is 408 g/mol. The maximum absolute atomic E-state index is 12.5. The van der Waals surface area contributed by atoms with E-state index in [-0.39, 0.29) is 5.78 Å². The summed E-state index contributed by atoms with van der Waals surface area (Å²) in [7, 11) is 0. The molecule has 0 spiro atoms. The van der Waals surface area contributed by atoms with E-state index in [1.54, 1.807) is 36.4 Å². The number of rotatable bonds is 6. The summed E-state index contributed by atoms with van der Waals surface area (Å²) in [5, 5.41) is 0. The van der Waals surface area contributed by atoms with Crippen LogP contribution in [-0.2, 0) is 4.74 Å². The zero-order valence-corrected chi connectivity index (χ0v) is 14.4. The Hall–Kier alpha value is -1.69. The van der Waals surface area contributed by atoms with Gasteiger partial charge in [0.05, 0.1) is 5.56 Å². The Bertz CT molecular complexity index is 652. The van der Waals surface area contributed by atoms with Crippen LogP contribution < -0.4 is 0 Å². The van der Waals surface area contributed by atoms with Gasteiger partial charge >= 0.3 is 5.97 Å². The Morgan fingerprint density at radius 2 is 1.68 bits per heavy atom. The van der Waals surface area contributed by atoms with Gasteiger partial charge < -0.3 is 4.74 Å². The predicted octanol–water partition coefficient (Wildman–Crippen LogP) is 4.50. The quantitative estimate of drug-likeness (QED) is 0.402. The molecule has 0 fully saturated rings. The van der Waals surface area contributed by atoms with Crippen LogP contribution >= 0.6 is 22.6 Å². The molecule has 0 saturated carbocycles. The summed E-state index contributed by atoms with van der Waals surface area (Å²) >= 11 is 2.09. The third kappa shape index (κ3) is 4.16. The largest absolute Gasteiger partial charge is 0.450 e. The summed E-state index contributed by atoms with van der Waals surface area (Å²) in [5.41, 5.74) is 1.06. The van der Waals surface area contributed by atoms with Crippen molar-refractivity contribution in [3.05, 3.63) is 69.3 Å². The molecule has 1 atom stereocenters. The van der Waals surface area contributed by atoms with Crippen molar-refractivity contribution in [3.8, 4) is 0 Å². The predicted molar refractivity (Wildman–Crippen MR) is 94.0 cm³/mol. The first-order valence-corrected chi connectivity index (χ1v) is 8.26. The average Bonchev–Trinajstić information content (AvgIpc) is 2.55. The van der Waals surface area contributed by atoms with Crippen molar-refractivity contribution in [2.24, 2.45) is 0 Å². The van der Waals surface area contributed by atoms with Gasteiger partial charge in [0, 0.05) is 9.13 Å². The van der Waals surface area contributed by atoms with Gasteiger partial charge in [0.25, 0.3) is 0 Å². The lowest BCUT2D eigenvalue weighted by molar-refractivity contribution is 0.0265. The molecule has 0 bridgehead atoms. The number of halogens is 1. The van der Waals surface area contributed by atoms with E-state index in [9.17, 15) is 9.59 Å². The van der Waals surface area contributed by atoms with Gasteiger partial charge in [0.2, 0.25) is 5.78 Å². The second-order valence-electron chi connectivity index (χ2n) is 4.89. The van der Waals surface area contributed by atoms with Crippen LogP contribution in [0.15, 0.2) is 54.6 Å². The molecule has 22 heavy (non-hydrogen) atoms. The minimum Gasteiger partial charge on any atom is -0.450 e. The maximum atomic E-state index is 12.5. The smallest absolute Gasteiger partial charge is 0.339 e. The van der Waals surface area contributed by atoms with Crippen LogP contribution in [0.25, 0.3) is 0 Å². The number of ketones is 1. The monoisotopic (exact) mass is 408 g/mol. The van der Waals surface area contributed by atoms with Gasteiger partial charge in [0.15, 0.2) is 6.10 Å². The van der Waals surface area contributed by atoms with Crippen LogP contribution in [-0.4, -0.2) is 17.9 Å². The summed E-state index contributed by atoms with van der Waals surface area (Å²) in [6, 6.07) is 16.1. The lowest BCUT2D eigenvalue weighted by Crippen LogP contribution is -2.27. The lowest BCUT2D eigenvalue weighted by atomic mass is 10.0. The Balaban J connectivity index is 2.17. The number of carbonyl (C=O) groups is 2. The fourth-order valence-electron chi connectivity index (χ4n) is 2.11. The zero-order valence-electron chi connectivity index (χ0n) is 12.3. The number of hydrogen-bond donors (Lipinski definition) is 0. The van der Waals surface area contributed by atoms with E-state index < -0.39 is 12.1 Å². The van der Waals surface area contributed by atoms with Crippen molar-refractivity contribution in [1.82, 2.24) is 0 Å². The maximum Gasteiger partial charge on any atom is 0.339 e. The minimum absolute atomic E-state index is 0.151. The highest BCUT2D eigenvalue weighted by Crippen LogP contribution is 2.17. The molecule has 2 aromatic rings. The standard InChI is InChI=1S/C18H17IO3/c1-2-8-16(17(20)13-9-4-3-5-10-13)22-18(21)14-11-6-7-12-15(14)19/h3-7,9-12,16H,2,8H2,1H3. The van der Waals surface area contributed by atoms with Gasteiger partial charge in [0.1, 0.15) is 0 Å². The van der Waals surface area contributed by atoms with E-state index >= 15 is 0 Å². The lowest BCUT2D eigenvalue weighted by Gasteiger charge is -2.16. The van der Waals surface area contributed by atoms with Gasteiger partial charge in [-0.05, 0) is 41.1 Å². The third-order valence-electron chi connectivity index (χ3n) is 3.24. The second-order valence-corrected chi connectivity index (χ2v) is 6.05. The van der Waals surface area contributed by atoms with Crippen LogP contribution in [0, 0.1) is 3.57 Å². The van der Waals surface area contributed by atoms with Gasteiger partial charge in [-0.15, -0.1) is 0 Å². The molecule has 4 heteroatoms. The fourth-order valence-corrected chi connectivity index (χ4v) is 2.72. The van der Waals surface area contributed by atoms with E-state index in [2.05, 4.69) is 22.6 Å². The summed E-state index contributed by atoms with van der Waals surface area (Å²) in [4.78, 5) is 24.8. The van der Waals surface area contributed by atoms with Crippen LogP contribution in [0.1, 0.15) is 40.5 Å². The normalized spacial score (nSPS) is 11.7. The first kappa shape index (κ1) is 16.7. The molecule has 0 radical (unpaired) electrons. The number of hydrogen-bond acceptors (Lipinski definition) is 3. The van der Waals surface area contributed by atoms with Crippen molar-refractivity contribution < 1.29 is 14.3 Å². The van der Waals surface area contributed by atoms with Crippen molar-refractivity contribution in [3.63, 3.8) is 0 Å². The van der Waals surface area contributed by atoms with Gasteiger partial charge in [-0.1, -0.05) is 55.8 Å². The van der Waals surface area contributed by atoms with Crippen LogP contribution in [0.3, 0.4) is 0 Å². The van der Waals surface area contributed by atoms with Crippen LogP contribution in [0.5, 0.6) is 0 Å². The molecule has 114 valence electrons. The SMILES string of the molecule is CCCC(OC(=O)c1ccccc1I)C(=O)c1ccccc1. The van der Waals surface area contributed by atoms with Gasteiger partial charge in [-0.3, -0.25) is 4.79 Å².